The van der Waals surface area contributed by atoms with E-state index < -0.39 is 0 Å². The van der Waals surface area contributed by atoms with Gasteiger partial charge in [-0.15, -0.1) is 5.10 Å². The zero-order valence-electron chi connectivity index (χ0n) is 12.0. The third kappa shape index (κ3) is 2.97. The summed E-state index contributed by atoms with van der Waals surface area (Å²) in [5.74, 6) is 0.301. The first-order valence-electron chi connectivity index (χ1n) is 7.31. The predicted molar refractivity (Wildman–Crippen MR) is 77.0 cm³/mol. The molecule has 112 valence electrons. The van der Waals surface area contributed by atoms with Crippen LogP contribution in [0, 0.1) is 0 Å². The van der Waals surface area contributed by atoms with Crippen molar-refractivity contribution >= 4 is 11.9 Å². The van der Waals surface area contributed by atoms with E-state index in [4.69, 9.17) is 4.42 Å². The lowest BCUT2D eigenvalue weighted by molar-refractivity contribution is 0.101. The molecule has 0 spiro atoms. The highest BCUT2D eigenvalue weighted by Crippen LogP contribution is 2.23. The largest absolute Gasteiger partial charge is 0.406 e. The van der Waals surface area contributed by atoms with Crippen molar-refractivity contribution < 1.29 is 9.21 Å². The Kier molecular flexibility index (Phi) is 4.01. The van der Waals surface area contributed by atoms with Crippen LogP contribution in [0.15, 0.2) is 22.7 Å². The molecule has 2 aromatic heterocycles. The molecular weight excluding hydrogens is 270 g/mol. The van der Waals surface area contributed by atoms with Crippen LogP contribution in [0.4, 0.5) is 6.01 Å². The molecule has 0 bridgehead atoms. The maximum Gasteiger partial charge on any atom is 0.322 e. The Morgan fingerprint density at radius 1 is 1.57 bits per heavy atom. The van der Waals surface area contributed by atoms with Gasteiger partial charge < -0.3 is 14.3 Å². The monoisotopic (exact) mass is 289 g/mol. The van der Waals surface area contributed by atoms with Crippen LogP contribution < -0.4 is 10.6 Å². The summed E-state index contributed by atoms with van der Waals surface area (Å²) >= 11 is 0. The molecule has 2 N–H and O–H groups in total. The van der Waals surface area contributed by atoms with Crippen molar-refractivity contribution in [1.29, 1.82) is 0 Å². The minimum Gasteiger partial charge on any atom is -0.406 e. The molecule has 0 aromatic carbocycles. The number of carbonyl (C=O) groups is 1. The fourth-order valence-corrected chi connectivity index (χ4v) is 2.54. The molecule has 1 aliphatic heterocycles. The Morgan fingerprint density at radius 3 is 3.24 bits per heavy atom. The van der Waals surface area contributed by atoms with Gasteiger partial charge >= 0.3 is 6.01 Å². The van der Waals surface area contributed by atoms with E-state index in [1.807, 2.05) is 16.8 Å². The summed E-state index contributed by atoms with van der Waals surface area (Å²) in [6.07, 6.45) is 4.93. The van der Waals surface area contributed by atoms with Gasteiger partial charge in [0.15, 0.2) is 0 Å². The quantitative estimate of drug-likeness (QED) is 0.879. The second kappa shape index (κ2) is 6.09. The lowest BCUT2D eigenvalue weighted by Gasteiger charge is -2.06. The van der Waals surface area contributed by atoms with Gasteiger partial charge in [-0.25, -0.2) is 0 Å². The van der Waals surface area contributed by atoms with Gasteiger partial charge in [0.25, 0.3) is 5.91 Å². The van der Waals surface area contributed by atoms with Gasteiger partial charge in [-0.3, -0.25) is 10.1 Å². The summed E-state index contributed by atoms with van der Waals surface area (Å²) in [7, 11) is 0. The van der Waals surface area contributed by atoms with Crippen molar-refractivity contribution in [3.63, 3.8) is 0 Å². The van der Waals surface area contributed by atoms with Crippen molar-refractivity contribution in [3.05, 3.63) is 29.9 Å². The maximum atomic E-state index is 12.2. The number of hydrogen-bond donors (Lipinski definition) is 2. The van der Waals surface area contributed by atoms with E-state index in [2.05, 4.69) is 27.8 Å². The number of nitrogens with zero attached hydrogens (tertiary/aromatic N) is 3. The molecule has 1 aliphatic rings. The highest BCUT2D eigenvalue weighted by Gasteiger charge is 2.23. The summed E-state index contributed by atoms with van der Waals surface area (Å²) in [6, 6.07) is 3.88. The van der Waals surface area contributed by atoms with Crippen LogP contribution >= 0.6 is 0 Å². The van der Waals surface area contributed by atoms with Gasteiger partial charge in [0, 0.05) is 12.7 Å². The number of amides is 1. The number of rotatable bonds is 5. The van der Waals surface area contributed by atoms with E-state index in [0.29, 0.717) is 11.6 Å². The number of aromatic nitrogens is 3. The molecule has 1 unspecified atom stereocenters. The summed E-state index contributed by atoms with van der Waals surface area (Å²) in [6.45, 7) is 3.83. The third-order valence-corrected chi connectivity index (χ3v) is 3.55. The van der Waals surface area contributed by atoms with E-state index in [0.717, 1.165) is 32.4 Å². The van der Waals surface area contributed by atoms with Gasteiger partial charge in [0.05, 0.1) is 6.04 Å². The van der Waals surface area contributed by atoms with Gasteiger partial charge in [-0.2, -0.15) is 0 Å². The molecule has 2 aromatic rings. The number of anilines is 1. The predicted octanol–water partition coefficient (Wildman–Crippen LogP) is 1.96. The fraction of sp³-hybridized carbons (Fsp3) is 0.500. The summed E-state index contributed by atoms with van der Waals surface area (Å²) in [5, 5.41) is 13.8. The number of carbonyl (C=O) groups excluding carboxylic acids is 1. The fourth-order valence-electron chi connectivity index (χ4n) is 2.54. The molecular formula is C14H19N5O2. The number of nitrogens with one attached hydrogen (secondary N) is 2. The van der Waals surface area contributed by atoms with Crippen LogP contribution in [0.1, 0.15) is 48.6 Å². The van der Waals surface area contributed by atoms with E-state index >= 15 is 0 Å². The molecule has 3 heterocycles. The minimum absolute atomic E-state index is 0.104. The van der Waals surface area contributed by atoms with Crippen molar-refractivity contribution in [2.75, 3.05) is 11.9 Å². The third-order valence-electron chi connectivity index (χ3n) is 3.55. The number of hydrogen-bond acceptors (Lipinski definition) is 5. The Hall–Kier alpha value is -2.15. The highest BCUT2D eigenvalue weighted by atomic mass is 16.4. The van der Waals surface area contributed by atoms with Crippen LogP contribution in [0.5, 0.6) is 0 Å². The molecule has 0 saturated carbocycles. The first-order valence-corrected chi connectivity index (χ1v) is 7.31. The Labute approximate surface area is 122 Å². The van der Waals surface area contributed by atoms with Crippen LogP contribution in [0.2, 0.25) is 0 Å². The van der Waals surface area contributed by atoms with Crippen molar-refractivity contribution in [1.82, 2.24) is 20.1 Å². The smallest absolute Gasteiger partial charge is 0.322 e. The number of aryl methyl sites for hydroxylation is 1. The molecule has 3 rings (SSSR count). The van der Waals surface area contributed by atoms with Crippen LogP contribution in [0.25, 0.3) is 0 Å². The lowest BCUT2D eigenvalue weighted by atomic mass is 10.2. The Balaban J connectivity index is 1.68. The molecule has 1 atom stereocenters. The molecule has 21 heavy (non-hydrogen) atoms. The molecule has 1 saturated heterocycles. The molecule has 7 nitrogen and oxygen atoms in total. The van der Waals surface area contributed by atoms with Gasteiger partial charge in [0.1, 0.15) is 5.69 Å². The van der Waals surface area contributed by atoms with Gasteiger partial charge in [-0.1, -0.05) is 12.0 Å². The first kappa shape index (κ1) is 13.8. The van der Waals surface area contributed by atoms with Crippen molar-refractivity contribution in [2.45, 2.75) is 38.8 Å². The van der Waals surface area contributed by atoms with Crippen LogP contribution in [-0.4, -0.2) is 27.2 Å². The van der Waals surface area contributed by atoms with Crippen LogP contribution in [0.3, 0.4) is 0 Å². The average molecular weight is 289 g/mol. The van der Waals surface area contributed by atoms with Gasteiger partial charge in [0.2, 0.25) is 5.89 Å². The molecule has 1 fully saturated rings. The maximum absolute atomic E-state index is 12.2. The topological polar surface area (TPSA) is 85.0 Å². The average Bonchev–Trinajstić information content (AvgIpc) is 3.20. The summed E-state index contributed by atoms with van der Waals surface area (Å²) < 4.78 is 7.42. The lowest BCUT2D eigenvalue weighted by Crippen LogP contribution is -2.17. The molecule has 0 aliphatic carbocycles. The SMILES string of the molecule is CCCn1cccc1C(=O)Nc1nnc(C2CCCN2)o1. The van der Waals surface area contributed by atoms with E-state index in [1.54, 1.807) is 6.07 Å². The van der Waals surface area contributed by atoms with E-state index in [-0.39, 0.29) is 18.0 Å². The second-order valence-corrected chi connectivity index (χ2v) is 5.14. The zero-order chi connectivity index (χ0) is 14.7. The first-order chi connectivity index (χ1) is 10.3. The molecule has 0 radical (unpaired) electrons. The summed E-state index contributed by atoms with van der Waals surface area (Å²) in [4.78, 5) is 12.2. The second-order valence-electron chi connectivity index (χ2n) is 5.14. The standard InChI is InChI=1S/C14H19N5O2/c1-2-8-19-9-4-6-11(19)12(20)16-14-18-17-13(21-14)10-5-3-7-15-10/h4,6,9-10,15H,2-3,5,7-8H2,1H3,(H,16,18,20). The molecule has 7 heteroatoms. The highest BCUT2D eigenvalue weighted by molar-refractivity contribution is 6.01. The summed E-state index contributed by atoms with van der Waals surface area (Å²) in [5.41, 5.74) is 0.593. The van der Waals surface area contributed by atoms with Crippen molar-refractivity contribution in [3.8, 4) is 0 Å². The van der Waals surface area contributed by atoms with E-state index in [9.17, 15) is 4.79 Å². The van der Waals surface area contributed by atoms with Crippen molar-refractivity contribution in [2.24, 2.45) is 0 Å². The Morgan fingerprint density at radius 2 is 2.48 bits per heavy atom. The molecule has 1 amide bonds. The zero-order valence-corrected chi connectivity index (χ0v) is 12.0. The normalized spacial score (nSPS) is 18.0. The van der Waals surface area contributed by atoms with Crippen LogP contribution in [-0.2, 0) is 6.54 Å². The minimum atomic E-state index is -0.233. The Bertz CT molecular complexity index is 612. The van der Waals surface area contributed by atoms with E-state index in [1.165, 1.54) is 0 Å². The van der Waals surface area contributed by atoms with Gasteiger partial charge in [-0.05, 0) is 37.9 Å².